The van der Waals surface area contributed by atoms with Crippen LogP contribution in [0.4, 0.5) is 24.7 Å². The lowest BCUT2D eigenvalue weighted by molar-refractivity contribution is -0.137. The molecule has 1 saturated heterocycles. The summed E-state index contributed by atoms with van der Waals surface area (Å²) in [5, 5.41) is 2.69. The van der Waals surface area contributed by atoms with E-state index in [2.05, 4.69) is 10.3 Å². The first-order valence-electron chi connectivity index (χ1n) is 9.70. The summed E-state index contributed by atoms with van der Waals surface area (Å²) in [5.41, 5.74) is -0.437. The molecule has 0 spiro atoms. The maximum atomic E-state index is 12.8. The summed E-state index contributed by atoms with van der Waals surface area (Å²) in [6.45, 7) is 0.826. The van der Waals surface area contributed by atoms with Crippen LogP contribution in [0.3, 0.4) is 0 Å². The molecule has 1 amide bonds. The Labute approximate surface area is 189 Å². The molecule has 7 nitrogen and oxygen atoms in total. The minimum absolute atomic E-state index is 0.0875. The predicted molar refractivity (Wildman–Crippen MR) is 115 cm³/mol. The van der Waals surface area contributed by atoms with Crippen molar-refractivity contribution in [1.82, 2.24) is 9.29 Å². The topological polar surface area (TPSA) is 82.6 Å². The number of carbonyl (C=O) groups excluding carboxylic acids is 1. The van der Waals surface area contributed by atoms with Crippen molar-refractivity contribution in [3.63, 3.8) is 0 Å². The van der Waals surface area contributed by atoms with Crippen LogP contribution in [0.1, 0.15) is 18.4 Å². The number of anilines is 2. The largest absolute Gasteiger partial charge is 0.417 e. The molecule has 1 aromatic heterocycles. The van der Waals surface area contributed by atoms with Crippen molar-refractivity contribution in [3.05, 3.63) is 47.1 Å². The van der Waals surface area contributed by atoms with Gasteiger partial charge in [0.05, 0.1) is 15.5 Å². The molecule has 1 fully saturated rings. The van der Waals surface area contributed by atoms with Gasteiger partial charge in [0.2, 0.25) is 15.9 Å². The quantitative estimate of drug-likeness (QED) is 0.688. The van der Waals surface area contributed by atoms with Crippen molar-refractivity contribution in [2.45, 2.75) is 23.9 Å². The first-order valence-corrected chi connectivity index (χ1v) is 11.5. The Kier molecular flexibility index (Phi) is 7.01. The van der Waals surface area contributed by atoms with E-state index >= 15 is 0 Å². The molecule has 3 rings (SSSR count). The number of alkyl halides is 3. The first kappa shape index (κ1) is 24.3. The van der Waals surface area contributed by atoms with Crippen LogP contribution >= 0.6 is 11.6 Å². The molecule has 0 radical (unpaired) electrons. The average molecular weight is 491 g/mol. The molecule has 1 aliphatic rings. The van der Waals surface area contributed by atoms with Gasteiger partial charge in [-0.2, -0.15) is 13.2 Å². The zero-order valence-electron chi connectivity index (χ0n) is 17.4. The van der Waals surface area contributed by atoms with Gasteiger partial charge >= 0.3 is 6.18 Å². The van der Waals surface area contributed by atoms with Gasteiger partial charge in [-0.1, -0.05) is 11.6 Å². The highest BCUT2D eigenvalue weighted by Gasteiger charge is 2.33. The Hall–Kier alpha value is -2.37. The number of nitrogens with one attached hydrogen (secondary N) is 1. The molecule has 174 valence electrons. The van der Waals surface area contributed by atoms with Gasteiger partial charge in [-0.05, 0) is 43.2 Å². The number of nitrogens with zero attached hydrogens (tertiary/aromatic N) is 3. The molecule has 0 bridgehead atoms. The molecular formula is C20H22ClF3N4O3S. The van der Waals surface area contributed by atoms with Crippen LogP contribution in [-0.4, -0.2) is 50.8 Å². The zero-order chi connectivity index (χ0) is 23.7. The summed E-state index contributed by atoms with van der Waals surface area (Å²) in [4.78, 5) is 18.3. The molecule has 12 heteroatoms. The van der Waals surface area contributed by atoms with E-state index in [4.69, 9.17) is 11.6 Å². The highest BCUT2D eigenvalue weighted by Crippen LogP contribution is 2.34. The van der Waals surface area contributed by atoms with Crippen molar-refractivity contribution < 1.29 is 26.4 Å². The number of amides is 1. The number of piperidine rings is 1. The van der Waals surface area contributed by atoms with Gasteiger partial charge < -0.3 is 10.2 Å². The molecule has 32 heavy (non-hydrogen) atoms. The summed E-state index contributed by atoms with van der Waals surface area (Å²) in [5.74, 6) is -0.250. The summed E-state index contributed by atoms with van der Waals surface area (Å²) in [6.07, 6.45) is -2.83. The van der Waals surface area contributed by atoms with Crippen molar-refractivity contribution in [1.29, 1.82) is 0 Å². The van der Waals surface area contributed by atoms with E-state index in [1.54, 1.807) is 4.90 Å². The van der Waals surface area contributed by atoms with Crippen molar-refractivity contribution in [2.24, 2.45) is 5.92 Å². The van der Waals surface area contributed by atoms with Crippen LogP contribution in [0.15, 0.2) is 41.4 Å². The van der Waals surface area contributed by atoms with E-state index in [0.717, 1.165) is 16.6 Å². The fourth-order valence-corrected chi connectivity index (χ4v) is 4.52. The van der Waals surface area contributed by atoms with Crippen LogP contribution in [0, 0.1) is 5.92 Å². The molecular weight excluding hydrogens is 469 g/mol. The van der Waals surface area contributed by atoms with Gasteiger partial charge in [-0.3, -0.25) is 4.79 Å². The summed E-state index contributed by atoms with van der Waals surface area (Å²) < 4.78 is 63.7. The maximum absolute atomic E-state index is 12.8. The SMILES string of the molecule is CN(C)S(=O)(=O)c1ccc(NC(=O)C2CCN(c3ncc(C(F)(F)F)cc3Cl)CC2)cc1. The van der Waals surface area contributed by atoms with Crippen molar-refractivity contribution in [2.75, 3.05) is 37.4 Å². The summed E-state index contributed by atoms with van der Waals surface area (Å²) in [6, 6.07) is 6.74. The highest BCUT2D eigenvalue weighted by molar-refractivity contribution is 7.89. The van der Waals surface area contributed by atoms with E-state index < -0.39 is 21.8 Å². The van der Waals surface area contributed by atoms with Gasteiger partial charge in [0.1, 0.15) is 5.82 Å². The molecule has 1 N–H and O–H groups in total. The van der Waals surface area contributed by atoms with Crippen LogP contribution in [-0.2, 0) is 21.0 Å². The Morgan fingerprint density at radius 2 is 1.78 bits per heavy atom. The molecule has 1 aromatic carbocycles. The monoisotopic (exact) mass is 490 g/mol. The maximum Gasteiger partial charge on any atom is 0.417 e. The highest BCUT2D eigenvalue weighted by atomic mass is 35.5. The summed E-state index contributed by atoms with van der Waals surface area (Å²) >= 11 is 6.01. The van der Waals surface area contributed by atoms with Gasteiger partial charge in [0.15, 0.2) is 0 Å². The molecule has 0 unspecified atom stereocenters. The fraction of sp³-hybridized carbons (Fsp3) is 0.400. The van der Waals surface area contributed by atoms with Gasteiger partial charge in [-0.15, -0.1) is 0 Å². The van der Waals surface area contributed by atoms with Gasteiger partial charge in [0, 0.05) is 45.0 Å². The predicted octanol–water partition coefficient (Wildman–Crippen LogP) is 3.86. The molecule has 0 saturated carbocycles. The van der Waals surface area contributed by atoms with E-state index in [9.17, 15) is 26.4 Å². The standard InChI is InChI=1S/C20H22ClF3N4O3S/c1-27(2)32(30,31)16-5-3-15(4-6-16)26-19(29)13-7-9-28(10-8-13)18-17(21)11-14(12-25-18)20(22,23)24/h3-6,11-13H,7-10H2,1-2H3,(H,26,29). The first-order chi connectivity index (χ1) is 14.9. The second-order valence-electron chi connectivity index (χ2n) is 7.59. The number of pyridine rings is 1. The Balaban J connectivity index is 1.59. The fourth-order valence-electron chi connectivity index (χ4n) is 3.34. The third kappa shape index (κ3) is 5.33. The van der Waals surface area contributed by atoms with E-state index in [1.165, 1.54) is 38.4 Å². The number of hydrogen-bond donors (Lipinski definition) is 1. The normalized spacial score (nSPS) is 15.8. The number of aromatic nitrogens is 1. The lowest BCUT2D eigenvalue weighted by atomic mass is 9.95. The lowest BCUT2D eigenvalue weighted by Crippen LogP contribution is -2.38. The van der Waals surface area contributed by atoms with Crippen molar-refractivity contribution >= 4 is 39.0 Å². The minimum Gasteiger partial charge on any atom is -0.355 e. The Bertz CT molecular complexity index is 1080. The van der Waals surface area contributed by atoms with E-state index in [1.807, 2.05) is 0 Å². The molecule has 2 aromatic rings. The lowest BCUT2D eigenvalue weighted by Gasteiger charge is -2.32. The van der Waals surface area contributed by atoms with E-state index in [-0.39, 0.29) is 27.6 Å². The van der Waals surface area contributed by atoms with Crippen LogP contribution in [0.2, 0.25) is 5.02 Å². The van der Waals surface area contributed by atoms with Crippen LogP contribution in [0.5, 0.6) is 0 Å². The number of benzene rings is 1. The number of sulfonamides is 1. The number of carbonyl (C=O) groups is 1. The second-order valence-corrected chi connectivity index (χ2v) is 10.1. The third-order valence-corrected chi connectivity index (χ3v) is 7.32. The summed E-state index contributed by atoms with van der Waals surface area (Å²) in [7, 11) is -0.683. The molecule has 2 heterocycles. The smallest absolute Gasteiger partial charge is 0.355 e. The van der Waals surface area contributed by atoms with Crippen LogP contribution < -0.4 is 10.2 Å². The molecule has 0 atom stereocenters. The second kappa shape index (κ2) is 9.24. The van der Waals surface area contributed by atoms with Crippen LogP contribution in [0.25, 0.3) is 0 Å². The number of hydrogen-bond acceptors (Lipinski definition) is 5. The minimum atomic E-state index is -4.52. The third-order valence-electron chi connectivity index (χ3n) is 5.21. The molecule has 1 aliphatic heterocycles. The van der Waals surface area contributed by atoms with Crippen molar-refractivity contribution in [3.8, 4) is 0 Å². The van der Waals surface area contributed by atoms with Gasteiger partial charge in [-0.25, -0.2) is 17.7 Å². The Morgan fingerprint density at radius 1 is 1.19 bits per heavy atom. The number of rotatable bonds is 5. The molecule has 0 aliphatic carbocycles. The average Bonchev–Trinajstić information content (AvgIpc) is 2.73. The van der Waals surface area contributed by atoms with E-state index in [0.29, 0.717) is 31.6 Å². The Morgan fingerprint density at radius 3 is 2.28 bits per heavy atom. The number of halogens is 4. The van der Waals surface area contributed by atoms with Gasteiger partial charge in [0.25, 0.3) is 0 Å². The zero-order valence-corrected chi connectivity index (χ0v) is 18.9.